The minimum atomic E-state index is -0.183. The number of fused-ring (bicyclic) bond motifs is 1. The molecule has 4 nitrogen and oxygen atoms in total. The van der Waals surface area contributed by atoms with Gasteiger partial charge in [-0.1, -0.05) is 48.0 Å². The molecule has 1 aliphatic heterocycles. The Balaban J connectivity index is 1.72. The molecule has 3 aromatic rings. The summed E-state index contributed by atoms with van der Waals surface area (Å²) in [5.74, 6) is 0.534. The molecule has 1 amide bonds. The summed E-state index contributed by atoms with van der Waals surface area (Å²) >= 11 is 7.46. The molecule has 0 radical (unpaired) electrons. The van der Waals surface area contributed by atoms with Crippen molar-refractivity contribution in [1.82, 2.24) is 5.32 Å². The molecule has 1 fully saturated rings. The van der Waals surface area contributed by atoms with Crippen molar-refractivity contribution in [3.05, 3.63) is 75.7 Å². The van der Waals surface area contributed by atoms with Crippen molar-refractivity contribution in [2.75, 3.05) is 7.11 Å². The molecule has 1 heterocycles. The smallest absolute Gasteiger partial charge is 0.264 e. The lowest BCUT2D eigenvalue weighted by molar-refractivity contribution is -0.115. The first-order chi connectivity index (χ1) is 13.5. The Bertz CT molecular complexity index is 1150. The van der Waals surface area contributed by atoms with Crippen LogP contribution in [0.4, 0.5) is 5.69 Å². The number of amides is 1. The lowest BCUT2D eigenvalue weighted by atomic mass is 10.0. The number of halogens is 1. The van der Waals surface area contributed by atoms with Crippen molar-refractivity contribution in [3.63, 3.8) is 0 Å². The number of carbonyl (C=O) groups is 1. The average molecular weight is 409 g/mol. The second kappa shape index (κ2) is 7.70. The fourth-order valence-corrected chi connectivity index (χ4v) is 3.98. The van der Waals surface area contributed by atoms with E-state index in [2.05, 4.69) is 10.3 Å². The van der Waals surface area contributed by atoms with E-state index in [0.717, 1.165) is 27.6 Å². The van der Waals surface area contributed by atoms with E-state index in [1.165, 1.54) is 11.8 Å². The highest BCUT2D eigenvalue weighted by atomic mass is 35.5. The third-order valence-corrected chi connectivity index (χ3v) is 5.78. The number of aliphatic imine (C=N–C) groups is 1. The van der Waals surface area contributed by atoms with Crippen LogP contribution in [0.3, 0.4) is 0 Å². The minimum absolute atomic E-state index is 0.183. The third-order valence-electron chi connectivity index (χ3n) is 4.46. The van der Waals surface area contributed by atoms with Gasteiger partial charge < -0.3 is 10.1 Å². The first-order valence-electron chi connectivity index (χ1n) is 8.66. The van der Waals surface area contributed by atoms with Crippen LogP contribution in [0, 0.1) is 6.92 Å². The second-order valence-electron chi connectivity index (χ2n) is 6.32. The fourth-order valence-electron chi connectivity index (χ4n) is 2.98. The highest BCUT2D eigenvalue weighted by Gasteiger charge is 2.24. The molecule has 0 bridgehead atoms. The normalized spacial score (nSPS) is 16.8. The van der Waals surface area contributed by atoms with Gasteiger partial charge in [0.15, 0.2) is 5.17 Å². The summed E-state index contributed by atoms with van der Waals surface area (Å²) in [6.07, 6.45) is 1.85. The number of nitrogens with one attached hydrogen (secondary N) is 1. The van der Waals surface area contributed by atoms with Gasteiger partial charge in [0.25, 0.3) is 5.91 Å². The Hall–Kier alpha value is -2.76. The first kappa shape index (κ1) is 18.6. The van der Waals surface area contributed by atoms with Crippen molar-refractivity contribution >= 4 is 57.0 Å². The fraction of sp³-hybridized carbons (Fsp3) is 0.0909. The number of carbonyl (C=O) groups excluding carboxylic acids is 1. The van der Waals surface area contributed by atoms with Gasteiger partial charge in [-0.3, -0.25) is 4.79 Å². The van der Waals surface area contributed by atoms with Crippen LogP contribution in [0.25, 0.3) is 16.8 Å². The number of hydrogen-bond donors (Lipinski definition) is 1. The predicted octanol–water partition coefficient (Wildman–Crippen LogP) is 5.70. The van der Waals surface area contributed by atoms with Gasteiger partial charge in [0.2, 0.25) is 0 Å². The number of thioether (sulfide) groups is 1. The summed E-state index contributed by atoms with van der Waals surface area (Å²) < 4.78 is 5.52. The molecule has 3 aromatic carbocycles. The Morgan fingerprint density at radius 1 is 1.14 bits per heavy atom. The van der Waals surface area contributed by atoms with Crippen LogP contribution in [-0.4, -0.2) is 18.2 Å². The van der Waals surface area contributed by atoms with Crippen LogP contribution >= 0.6 is 23.4 Å². The Kier molecular flexibility index (Phi) is 5.11. The highest BCUT2D eigenvalue weighted by Crippen LogP contribution is 2.34. The SMILES string of the molecule is COc1ccc2ccccc2c1/C=C1\SC(=Nc2ccc(C)c(Cl)c2)NC1=O. The topological polar surface area (TPSA) is 50.7 Å². The Labute approximate surface area is 172 Å². The predicted molar refractivity (Wildman–Crippen MR) is 117 cm³/mol. The quantitative estimate of drug-likeness (QED) is 0.565. The van der Waals surface area contributed by atoms with Gasteiger partial charge in [0, 0.05) is 10.6 Å². The molecule has 1 saturated heterocycles. The molecular formula is C22H17ClN2O2S. The van der Waals surface area contributed by atoms with Crippen LogP contribution in [-0.2, 0) is 4.79 Å². The lowest BCUT2D eigenvalue weighted by Gasteiger charge is -2.09. The van der Waals surface area contributed by atoms with Gasteiger partial charge in [-0.05, 0) is 59.3 Å². The molecule has 4 rings (SSSR count). The van der Waals surface area contributed by atoms with Gasteiger partial charge >= 0.3 is 0 Å². The van der Waals surface area contributed by atoms with E-state index in [1.807, 2.05) is 61.5 Å². The molecule has 140 valence electrons. The van der Waals surface area contributed by atoms with Crippen LogP contribution in [0.1, 0.15) is 11.1 Å². The largest absolute Gasteiger partial charge is 0.496 e. The van der Waals surface area contributed by atoms with Crippen molar-refractivity contribution in [3.8, 4) is 5.75 Å². The number of hydrogen-bond acceptors (Lipinski definition) is 4. The van der Waals surface area contributed by atoms with Crippen molar-refractivity contribution in [1.29, 1.82) is 0 Å². The van der Waals surface area contributed by atoms with E-state index in [4.69, 9.17) is 16.3 Å². The van der Waals surface area contributed by atoms with Crippen molar-refractivity contribution < 1.29 is 9.53 Å². The maximum atomic E-state index is 12.5. The van der Waals surface area contributed by atoms with E-state index >= 15 is 0 Å². The summed E-state index contributed by atoms with van der Waals surface area (Å²) in [4.78, 5) is 17.5. The van der Waals surface area contributed by atoms with E-state index in [1.54, 1.807) is 13.2 Å². The van der Waals surface area contributed by atoms with Gasteiger partial charge in [-0.2, -0.15) is 0 Å². The number of nitrogens with zero attached hydrogens (tertiary/aromatic N) is 1. The van der Waals surface area contributed by atoms with E-state index < -0.39 is 0 Å². The second-order valence-corrected chi connectivity index (χ2v) is 7.76. The van der Waals surface area contributed by atoms with Crippen LogP contribution in [0.5, 0.6) is 5.75 Å². The number of aryl methyl sites for hydroxylation is 1. The summed E-state index contributed by atoms with van der Waals surface area (Å²) in [5.41, 5.74) is 2.55. The zero-order chi connectivity index (χ0) is 19.7. The lowest BCUT2D eigenvalue weighted by Crippen LogP contribution is -2.19. The maximum absolute atomic E-state index is 12.5. The van der Waals surface area contributed by atoms with Gasteiger partial charge in [0.05, 0.1) is 17.7 Å². The van der Waals surface area contributed by atoms with Crippen LogP contribution < -0.4 is 10.1 Å². The van der Waals surface area contributed by atoms with Gasteiger partial charge in [0.1, 0.15) is 5.75 Å². The number of benzene rings is 3. The number of ether oxygens (including phenoxy) is 1. The van der Waals surface area contributed by atoms with E-state index in [-0.39, 0.29) is 5.91 Å². The molecule has 28 heavy (non-hydrogen) atoms. The molecular weight excluding hydrogens is 392 g/mol. The summed E-state index contributed by atoms with van der Waals surface area (Å²) in [5, 5.41) is 6.09. The molecule has 0 spiro atoms. The average Bonchev–Trinajstić information content (AvgIpc) is 3.04. The molecule has 1 aliphatic rings. The van der Waals surface area contributed by atoms with Crippen molar-refractivity contribution in [2.24, 2.45) is 4.99 Å². The number of amidine groups is 1. The standard InChI is InChI=1S/C22H17ClN2O2S/c1-13-7-9-15(11-18(13)23)24-22-25-21(26)20(28-22)12-17-16-6-4-3-5-14(16)8-10-19(17)27-2/h3-12H,1-2H3,(H,24,25,26)/b20-12-. The summed E-state index contributed by atoms with van der Waals surface area (Å²) in [6, 6.07) is 17.5. The third kappa shape index (κ3) is 3.63. The summed E-state index contributed by atoms with van der Waals surface area (Å²) in [6.45, 7) is 1.93. The first-order valence-corrected chi connectivity index (χ1v) is 9.86. The molecule has 0 aromatic heterocycles. The van der Waals surface area contributed by atoms with E-state index in [9.17, 15) is 4.79 Å². The highest BCUT2D eigenvalue weighted by molar-refractivity contribution is 8.18. The number of methoxy groups -OCH3 is 1. The van der Waals surface area contributed by atoms with Crippen molar-refractivity contribution in [2.45, 2.75) is 6.92 Å². The zero-order valence-electron chi connectivity index (χ0n) is 15.3. The maximum Gasteiger partial charge on any atom is 0.264 e. The summed E-state index contributed by atoms with van der Waals surface area (Å²) in [7, 11) is 1.63. The van der Waals surface area contributed by atoms with Crippen LogP contribution in [0.15, 0.2) is 64.5 Å². The molecule has 0 atom stereocenters. The minimum Gasteiger partial charge on any atom is -0.496 e. The molecule has 0 unspecified atom stereocenters. The zero-order valence-corrected chi connectivity index (χ0v) is 16.9. The van der Waals surface area contributed by atoms with Crippen LogP contribution in [0.2, 0.25) is 5.02 Å². The number of rotatable bonds is 3. The Morgan fingerprint density at radius 3 is 2.75 bits per heavy atom. The monoisotopic (exact) mass is 408 g/mol. The molecule has 0 saturated carbocycles. The van der Waals surface area contributed by atoms with E-state index in [0.29, 0.717) is 20.8 Å². The van der Waals surface area contributed by atoms with Gasteiger partial charge in [-0.25, -0.2) is 4.99 Å². The molecule has 1 N–H and O–H groups in total. The van der Waals surface area contributed by atoms with Gasteiger partial charge in [-0.15, -0.1) is 0 Å². The molecule has 0 aliphatic carbocycles. The Morgan fingerprint density at radius 2 is 1.96 bits per heavy atom. The molecule has 6 heteroatoms.